The van der Waals surface area contributed by atoms with E-state index in [1.54, 1.807) is 0 Å². The lowest BCUT2D eigenvalue weighted by Crippen LogP contribution is -2.35. The summed E-state index contributed by atoms with van der Waals surface area (Å²) >= 11 is 0. The fourth-order valence-electron chi connectivity index (χ4n) is 1.73. The molecule has 0 amide bonds. The minimum atomic E-state index is -0.576. The van der Waals surface area contributed by atoms with Gasteiger partial charge in [-0.25, -0.2) is 0 Å². The van der Waals surface area contributed by atoms with Crippen LogP contribution in [-0.4, -0.2) is 23.8 Å². The van der Waals surface area contributed by atoms with Crippen molar-refractivity contribution in [3.63, 3.8) is 0 Å². The summed E-state index contributed by atoms with van der Waals surface area (Å²) in [5.41, 5.74) is 15.7. The molecule has 0 radical (unpaired) electrons. The maximum atomic E-state index is 11.4. The maximum absolute atomic E-state index is 11.4. The van der Waals surface area contributed by atoms with Gasteiger partial charge in [-0.1, -0.05) is 6.92 Å². The van der Waals surface area contributed by atoms with Crippen molar-refractivity contribution in [3.05, 3.63) is 0 Å². The molecule has 0 saturated heterocycles. The Kier molecular flexibility index (Phi) is 3.10. The van der Waals surface area contributed by atoms with Crippen LogP contribution in [0, 0.1) is 5.92 Å². The molecule has 5 nitrogen and oxygen atoms in total. The highest BCUT2D eigenvalue weighted by Gasteiger charge is 2.54. The Labute approximate surface area is 83.7 Å². The average molecular weight is 198 g/mol. The van der Waals surface area contributed by atoms with Gasteiger partial charge in [0.15, 0.2) is 11.7 Å². The van der Waals surface area contributed by atoms with E-state index in [9.17, 15) is 4.79 Å². The van der Waals surface area contributed by atoms with E-state index in [0.717, 1.165) is 12.8 Å². The fourth-order valence-corrected chi connectivity index (χ4v) is 1.73. The monoisotopic (exact) mass is 198 g/mol. The number of nitrogens with zero attached hydrogens (tertiary/aromatic N) is 1. The normalized spacial score (nSPS) is 29.7. The van der Waals surface area contributed by atoms with E-state index in [-0.39, 0.29) is 17.7 Å². The van der Waals surface area contributed by atoms with E-state index in [4.69, 9.17) is 17.2 Å². The molecule has 1 fully saturated rings. The number of Topliss-reactive ketones (excluding diaryl/α,β-unsaturated/α-hetero) is 1. The molecule has 1 aliphatic carbocycles. The van der Waals surface area contributed by atoms with Crippen LogP contribution in [0.3, 0.4) is 0 Å². The number of carbonyl (C=O) groups excluding carboxylic acids is 1. The van der Waals surface area contributed by atoms with Gasteiger partial charge < -0.3 is 17.2 Å². The van der Waals surface area contributed by atoms with Crippen molar-refractivity contribution in [2.24, 2.45) is 28.1 Å². The molecule has 1 aliphatic rings. The predicted octanol–water partition coefficient (Wildman–Crippen LogP) is -0.654. The van der Waals surface area contributed by atoms with E-state index >= 15 is 0 Å². The van der Waals surface area contributed by atoms with Gasteiger partial charge in [-0.15, -0.1) is 0 Å². The van der Waals surface area contributed by atoms with Crippen molar-refractivity contribution in [3.8, 4) is 0 Å². The standard InChI is InChI=1S/C9H18N4O/c1-2-7(14)9(12)5-6(9)3-4-13-8(10)11/h6H,2-5,12H2,1H3,(H4,10,11,13)/t6-,9?/m0/s1. The summed E-state index contributed by atoms with van der Waals surface area (Å²) in [4.78, 5) is 15.3. The van der Waals surface area contributed by atoms with Gasteiger partial charge in [0.05, 0.1) is 5.54 Å². The predicted molar refractivity (Wildman–Crippen MR) is 55.6 cm³/mol. The van der Waals surface area contributed by atoms with Crippen molar-refractivity contribution in [2.45, 2.75) is 31.7 Å². The van der Waals surface area contributed by atoms with Gasteiger partial charge in [0.2, 0.25) is 0 Å². The largest absolute Gasteiger partial charge is 0.370 e. The Bertz CT molecular complexity index is 260. The molecule has 80 valence electrons. The summed E-state index contributed by atoms with van der Waals surface area (Å²) in [6.07, 6.45) is 2.08. The van der Waals surface area contributed by atoms with E-state index in [2.05, 4.69) is 4.99 Å². The Hall–Kier alpha value is -1.10. The summed E-state index contributed by atoms with van der Waals surface area (Å²) in [5, 5.41) is 0. The third kappa shape index (κ3) is 2.23. The topological polar surface area (TPSA) is 107 Å². The zero-order valence-corrected chi connectivity index (χ0v) is 8.49. The first-order valence-electron chi connectivity index (χ1n) is 4.88. The second kappa shape index (κ2) is 3.96. The van der Waals surface area contributed by atoms with E-state index in [0.29, 0.717) is 13.0 Å². The molecule has 0 heterocycles. The van der Waals surface area contributed by atoms with Crippen LogP contribution in [0.2, 0.25) is 0 Å². The Balaban J connectivity index is 2.32. The molecular weight excluding hydrogens is 180 g/mol. The summed E-state index contributed by atoms with van der Waals surface area (Å²) < 4.78 is 0. The van der Waals surface area contributed by atoms with Crippen molar-refractivity contribution < 1.29 is 4.79 Å². The second-order valence-electron chi connectivity index (χ2n) is 3.81. The van der Waals surface area contributed by atoms with Gasteiger partial charge in [-0.3, -0.25) is 9.79 Å². The van der Waals surface area contributed by atoms with Crippen LogP contribution in [0.25, 0.3) is 0 Å². The summed E-state index contributed by atoms with van der Waals surface area (Å²) in [7, 11) is 0. The summed E-state index contributed by atoms with van der Waals surface area (Å²) in [5.74, 6) is 0.500. The summed E-state index contributed by atoms with van der Waals surface area (Å²) in [6, 6.07) is 0. The highest BCUT2D eigenvalue weighted by atomic mass is 16.1. The molecule has 0 aromatic rings. The SMILES string of the molecule is CCC(=O)C1(N)C[C@@H]1CCN=C(N)N. The van der Waals surface area contributed by atoms with Gasteiger partial charge in [0, 0.05) is 13.0 Å². The number of aliphatic imine (C=N–C) groups is 1. The summed E-state index contributed by atoms with van der Waals surface area (Å²) in [6.45, 7) is 2.39. The quantitative estimate of drug-likeness (QED) is 0.403. The zero-order valence-electron chi connectivity index (χ0n) is 8.49. The molecule has 6 N–H and O–H groups in total. The van der Waals surface area contributed by atoms with Crippen LogP contribution in [0.15, 0.2) is 4.99 Å². The van der Waals surface area contributed by atoms with Crippen LogP contribution in [0.1, 0.15) is 26.2 Å². The molecule has 14 heavy (non-hydrogen) atoms. The number of carbonyl (C=O) groups is 1. The van der Waals surface area contributed by atoms with Crippen molar-refractivity contribution >= 4 is 11.7 Å². The molecule has 1 unspecified atom stereocenters. The number of hydrogen-bond donors (Lipinski definition) is 3. The number of nitrogens with two attached hydrogens (primary N) is 3. The second-order valence-corrected chi connectivity index (χ2v) is 3.81. The fraction of sp³-hybridized carbons (Fsp3) is 0.778. The number of hydrogen-bond acceptors (Lipinski definition) is 3. The first-order valence-corrected chi connectivity index (χ1v) is 4.88. The van der Waals surface area contributed by atoms with E-state index < -0.39 is 5.54 Å². The lowest BCUT2D eigenvalue weighted by atomic mass is 10.1. The maximum Gasteiger partial charge on any atom is 0.185 e. The van der Waals surface area contributed by atoms with Crippen molar-refractivity contribution in [1.29, 1.82) is 0 Å². The first-order chi connectivity index (χ1) is 6.50. The smallest absolute Gasteiger partial charge is 0.185 e. The molecule has 5 heteroatoms. The Morgan fingerprint density at radius 3 is 2.71 bits per heavy atom. The van der Waals surface area contributed by atoms with Crippen LogP contribution in [0.4, 0.5) is 0 Å². The lowest BCUT2D eigenvalue weighted by Gasteiger charge is -2.07. The van der Waals surface area contributed by atoms with Crippen LogP contribution < -0.4 is 17.2 Å². The Morgan fingerprint density at radius 2 is 2.21 bits per heavy atom. The van der Waals surface area contributed by atoms with E-state index in [1.165, 1.54) is 0 Å². The third-order valence-corrected chi connectivity index (χ3v) is 2.76. The van der Waals surface area contributed by atoms with Crippen LogP contribution in [-0.2, 0) is 4.79 Å². The van der Waals surface area contributed by atoms with Gasteiger partial charge in [-0.05, 0) is 18.8 Å². The molecule has 0 bridgehead atoms. The van der Waals surface area contributed by atoms with Gasteiger partial charge in [0.1, 0.15) is 0 Å². The number of guanidine groups is 1. The highest BCUT2D eigenvalue weighted by molar-refractivity contribution is 5.91. The molecule has 2 atom stereocenters. The van der Waals surface area contributed by atoms with Crippen molar-refractivity contribution in [1.82, 2.24) is 0 Å². The Morgan fingerprint density at radius 1 is 1.57 bits per heavy atom. The van der Waals surface area contributed by atoms with Gasteiger partial charge in [0.25, 0.3) is 0 Å². The molecule has 0 aromatic heterocycles. The van der Waals surface area contributed by atoms with Gasteiger partial charge >= 0.3 is 0 Å². The average Bonchev–Trinajstić information content (AvgIpc) is 2.77. The lowest BCUT2D eigenvalue weighted by molar-refractivity contribution is -0.121. The molecule has 1 rings (SSSR count). The highest BCUT2D eigenvalue weighted by Crippen LogP contribution is 2.44. The minimum absolute atomic E-state index is 0.0927. The number of rotatable bonds is 5. The van der Waals surface area contributed by atoms with Crippen LogP contribution >= 0.6 is 0 Å². The van der Waals surface area contributed by atoms with Gasteiger partial charge in [-0.2, -0.15) is 0 Å². The molecular formula is C9H18N4O. The third-order valence-electron chi connectivity index (χ3n) is 2.76. The van der Waals surface area contributed by atoms with E-state index in [1.807, 2.05) is 6.92 Å². The first kappa shape index (κ1) is 11.0. The minimum Gasteiger partial charge on any atom is -0.370 e. The zero-order chi connectivity index (χ0) is 10.8. The molecule has 0 aliphatic heterocycles. The number of ketones is 1. The van der Waals surface area contributed by atoms with Crippen LogP contribution in [0.5, 0.6) is 0 Å². The molecule has 0 spiro atoms. The molecule has 1 saturated carbocycles. The molecule has 0 aromatic carbocycles. The van der Waals surface area contributed by atoms with Crippen molar-refractivity contribution in [2.75, 3.05) is 6.54 Å².